The smallest absolute Gasteiger partial charge is 0.147 e. The summed E-state index contributed by atoms with van der Waals surface area (Å²) in [6.45, 7) is 9.55. The quantitative estimate of drug-likeness (QED) is 0.794. The summed E-state index contributed by atoms with van der Waals surface area (Å²) in [4.78, 5) is 2.44. The van der Waals surface area contributed by atoms with Crippen molar-refractivity contribution in [2.24, 2.45) is 0 Å². The summed E-state index contributed by atoms with van der Waals surface area (Å²) in [5, 5.41) is 3.59. The van der Waals surface area contributed by atoms with Crippen LogP contribution in [0.4, 0.5) is 0 Å². The summed E-state index contributed by atoms with van der Waals surface area (Å²) in [6.07, 6.45) is 4.44. The van der Waals surface area contributed by atoms with Crippen LogP contribution in [0.1, 0.15) is 40.0 Å². The van der Waals surface area contributed by atoms with Crippen molar-refractivity contribution < 1.29 is 8.42 Å². The number of hydrogen-bond acceptors (Lipinski definition) is 4. The highest BCUT2D eigenvalue weighted by Crippen LogP contribution is 2.20. The lowest BCUT2D eigenvalue weighted by Crippen LogP contribution is -2.62. The van der Waals surface area contributed by atoms with Gasteiger partial charge >= 0.3 is 0 Å². The normalized spacial score (nSPS) is 25.2. The molecule has 0 aromatic rings. The van der Waals surface area contributed by atoms with Crippen molar-refractivity contribution in [1.29, 1.82) is 0 Å². The largest absolute Gasteiger partial charge is 0.311 e. The number of nitrogens with zero attached hydrogens (tertiary/aromatic N) is 1. The lowest BCUT2D eigenvalue weighted by Gasteiger charge is -2.46. The molecule has 0 saturated carbocycles. The topological polar surface area (TPSA) is 49.4 Å². The van der Waals surface area contributed by atoms with Crippen LogP contribution in [0.3, 0.4) is 0 Å². The molecule has 0 radical (unpaired) electrons. The van der Waals surface area contributed by atoms with E-state index in [2.05, 4.69) is 31.0 Å². The van der Waals surface area contributed by atoms with Crippen molar-refractivity contribution >= 4 is 9.84 Å². The summed E-state index contributed by atoms with van der Waals surface area (Å²) in [7, 11) is -2.83. The second-order valence-corrected chi connectivity index (χ2v) is 8.37. The molecule has 108 valence electrons. The Morgan fingerprint density at radius 2 is 2.06 bits per heavy atom. The Kier molecular flexibility index (Phi) is 5.62. The highest BCUT2D eigenvalue weighted by Gasteiger charge is 2.33. The Labute approximate surface area is 112 Å². The molecular weight excluding hydrogens is 248 g/mol. The van der Waals surface area contributed by atoms with Crippen molar-refractivity contribution in [3.63, 3.8) is 0 Å². The van der Waals surface area contributed by atoms with Crippen LogP contribution in [0.15, 0.2) is 0 Å². The van der Waals surface area contributed by atoms with Gasteiger partial charge in [0, 0.05) is 30.9 Å². The van der Waals surface area contributed by atoms with Gasteiger partial charge in [0.05, 0.1) is 5.75 Å². The third kappa shape index (κ3) is 5.24. The van der Waals surface area contributed by atoms with E-state index in [0.717, 1.165) is 26.1 Å². The standard InChI is InChI=1S/C13H28N2O2S/c1-5-7-12-10-15(13(2,3)11-14-12)8-6-9-18(4,16)17/h12,14H,5-11H2,1-4H3. The van der Waals surface area contributed by atoms with E-state index in [4.69, 9.17) is 0 Å². The fraction of sp³-hybridized carbons (Fsp3) is 1.00. The number of piperazine rings is 1. The molecule has 1 rings (SSSR count). The first-order valence-electron chi connectivity index (χ1n) is 6.91. The van der Waals surface area contributed by atoms with E-state index in [1.165, 1.54) is 19.1 Å². The van der Waals surface area contributed by atoms with Gasteiger partial charge in [-0.1, -0.05) is 13.3 Å². The first-order valence-corrected chi connectivity index (χ1v) is 8.97. The third-order valence-corrected chi connectivity index (χ3v) is 4.73. The molecule has 1 fully saturated rings. The minimum Gasteiger partial charge on any atom is -0.311 e. The highest BCUT2D eigenvalue weighted by molar-refractivity contribution is 7.90. The van der Waals surface area contributed by atoms with Gasteiger partial charge in [0.25, 0.3) is 0 Å². The van der Waals surface area contributed by atoms with Gasteiger partial charge in [-0.2, -0.15) is 0 Å². The summed E-state index contributed by atoms with van der Waals surface area (Å²) < 4.78 is 22.3. The van der Waals surface area contributed by atoms with Gasteiger partial charge in [0.15, 0.2) is 0 Å². The lowest BCUT2D eigenvalue weighted by atomic mass is 9.95. The van der Waals surface area contributed by atoms with Crippen LogP contribution in [0.2, 0.25) is 0 Å². The zero-order valence-corrected chi connectivity index (χ0v) is 13.0. The maximum atomic E-state index is 11.2. The monoisotopic (exact) mass is 276 g/mol. The van der Waals surface area contributed by atoms with E-state index >= 15 is 0 Å². The van der Waals surface area contributed by atoms with Crippen LogP contribution in [-0.4, -0.2) is 56.5 Å². The molecule has 4 nitrogen and oxygen atoms in total. The maximum Gasteiger partial charge on any atom is 0.147 e. The molecular formula is C13H28N2O2S. The molecule has 1 atom stereocenters. The zero-order valence-electron chi connectivity index (χ0n) is 12.2. The summed E-state index contributed by atoms with van der Waals surface area (Å²) in [5.74, 6) is 0.297. The average Bonchev–Trinajstić information content (AvgIpc) is 2.21. The molecule has 1 N–H and O–H groups in total. The van der Waals surface area contributed by atoms with Crippen LogP contribution < -0.4 is 5.32 Å². The van der Waals surface area contributed by atoms with Crippen molar-refractivity contribution in [2.75, 3.05) is 31.6 Å². The molecule has 0 bridgehead atoms. The molecule has 5 heteroatoms. The molecule has 0 amide bonds. The van der Waals surface area contributed by atoms with Gasteiger partial charge in [0.2, 0.25) is 0 Å². The third-order valence-electron chi connectivity index (χ3n) is 3.70. The van der Waals surface area contributed by atoms with E-state index in [1.807, 2.05) is 0 Å². The first kappa shape index (κ1) is 15.9. The van der Waals surface area contributed by atoms with Crippen molar-refractivity contribution in [1.82, 2.24) is 10.2 Å². The van der Waals surface area contributed by atoms with E-state index in [-0.39, 0.29) is 5.54 Å². The van der Waals surface area contributed by atoms with Crippen LogP contribution >= 0.6 is 0 Å². The molecule has 0 aliphatic carbocycles. The average molecular weight is 276 g/mol. The molecule has 1 aliphatic rings. The Morgan fingerprint density at radius 1 is 1.39 bits per heavy atom. The number of sulfone groups is 1. The molecule has 1 aliphatic heterocycles. The second kappa shape index (κ2) is 6.35. The van der Waals surface area contributed by atoms with Crippen LogP contribution in [-0.2, 0) is 9.84 Å². The Hall–Kier alpha value is -0.130. The van der Waals surface area contributed by atoms with Crippen LogP contribution in [0.25, 0.3) is 0 Å². The highest BCUT2D eigenvalue weighted by atomic mass is 32.2. The molecule has 0 aromatic carbocycles. The van der Waals surface area contributed by atoms with Crippen molar-refractivity contribution in [3.05, 3.63) is 0 Å². The van der Waals surface area contributed by atoms with Gasteiger partial charge in [0.1, 0.15) is 9.84 Å². The minimum absolute atomic E-state index is 0.127. The molecule has 0 spiro atoms. The molecule has 1 unspecified atom stereocenters. The molecule has 1 saturated heterocycles. The molecule has 18 heavy (non-hydrogen) atoms. The Morgan fingerprint density at radius 3 is 2.61 bits per heavy atom. The van der Waals surface area contributed by atoms with Crippen LogP contribution in [0, 0.1) is 0 Å². The van der Waals surface area contributed by atoms with E-state index in [0.29, 0.717) is 11.8 Å². The fourth-order valence-corrected chi connectivity index (χ4v) is 3.19. The van der Waals surface area contributed by atoms with E-state index in [9.17, 15) is 8.42 Å². The van der Waals surface area contributed by atoms with Gasteiger partial charge in [-0.3, -0.25) is 4.90 Å². The zero-order chi connectivity index (χ0) is 13.8. The predicted molar refractivity (Wildman–Crippen MR) is 76.7 cm³/mol. The number of rotatable bonds is 6. The van der Waals surface area contributed by atoms with Gasteiger partial charge in [-0.25, -0.2) is 8.42 Å². The number of hydrogen-bond donors (Lipinski definition) is 1. The fourth-order valence-electron chi connectivity index (χ4n) is 2.54. The van der Waals surface area contributed by atoms with Gasteiger partial charge in [-0.15, -0.1) is 0 Å². The first-order chi connectivity index (χ1) is 8.24. The van der Waals surface area contributed by atoms with Gasteiger partial charge < -0.3 is 5.32 Å². The van der Waals surface area contributed by atoms with Crippen LogP contribution in [0.5, 0.6) is 0 Å². The SMILES string of the molecule is CCCC1CN(CCCS(C)(=O)=O)C(C)(C)CN1. The summed E-state index contributed by atoms with van der Waals surface area (Å²) >= 11 is 0. The number of nitrogens with one attached hydrogen (secondary N) is 1. The predicted octanol–water partition coefficient (Wildman–Crippen LogP) is 1.27. The summed E-state index contributed by atoms with van der Waals surface area (Å²) in [6, 6.07) is 0.557. The Bertz CT molecular complexity index is 352. The molecule has 1 heterocycles. The van der Waals surface area contributed by atoms with Crippen molar-refractivity contribution in [3.8, 4) is 0 Å². The van der Waals surface area contributed by atoms with Gasteiger partial charge in [-0.05, 0) is 33.2 Å². The second-order valence-electron chi connectivity index (χ2n) is 6.11. The lowest BCUT2D eigenvalue weighted by molar-refractivity contribution is 0.0642. The molecule has 0 aromatic heterocycles. The maximum absolute atomic E-state index is 11.2. The Balaban J connectivity index is 2.48. The minimum atomic E-state index is -2.83. The summed E-state index contributed by atoms with van der Waals surface area (Å²) in [5.41, 5.74) is 0.127. The van der Waals surface area contributed by atoms with Crippen molar-refractivity contribution in [2.45, 2.75) is 51.6 Å². The van der Waals surface area contributed by atoms with E-state index in [1.54, 1.807) is 0 Å². The van der Waals surface area contributed by atoms with E-state index < -0.39 is 9.84 Å².